The molecule has 0 aliphatic carbocycles. The topological polar surface area (TPSA) is 76.2 Å². The molecule has 10 heteroatoms. The van der Waals surface area contributed by atoms with Crippen LogP contribution in [0.15, 0.2) is 78.0 Å². The predicted molar refractivity (Wildman–Crippen MR) is 134 cm³/mol. The maximum Gasteiger partial charge on any atom is 0.395 e. The van der Waals surface area contributed by atoms with Crippen LogP contribution in [0.4, 0.5) is 13.2 Å². The Morgan fingerprint density at radius 1 is 1.00 bits per heavy atom. The molecule has 1 aliphatic heterocycles. The summed E-state index contributed by atoms with van der Waals surface area (Å²) >= 11 is 0. The molecule has 2 aromatic carbocycles. The van der Waals surface area contributed by atoms with E-state index in [0.29, 0.717) is 37.0 Å². The van der Waals surface area contributed by atoms with Crippen LogP contribution in [0.2, 0.25) is 0 Å². The Morgan fingerprint density at radius 2 is 1.65 bits per heavy atom. The Labute approximate surface area is 211 Å². The molecule has 1 aliphatic rings. The van der Waals surface area contributed by atoms with Crippen LogP contribution in [0, 0.1) is 0 Å². The first-order valence-corrected chi connectivity index (χ1v) is 12.3. The molecule has 4 aromatic rings. The number of rotatable bonds is 7. The summed E-state index contributed by atoms with van der Waals surface area (Å²) in [5.41, 5.74) is 0.0499. The first-order valence-electron chi connectivity index (χ1n) is 12.3. The van der Waals surface area contributed by atoms with Gasteiger partial charge in [-0.3, -0.25) is 9.36 Å². The molecule has 3 heterocycles. The number of hydrogen-bond acceptors (Lipinski definition) is 5. The van der Waals surface area contributed by atoms with Crippen LogP contribution in [-0.2, 0) is 6.54 Å². The van der Waals surface area contributed by atoms with Gasteiger partial charge in [-0.1, -0.05) is 48.5 Å². The van der Waals surface area contributed by atoms with Crippen LogP contribution >= 0.6 is 0 Å². The second kappa shape index (κ2) is 10.1. The van der Waals surface area contributed by atoms with Gasteiger partial charge in [0.1, 0.15) is 11.7 Å². The standard InChI is InChI=1S/C27H28F3N5O2/c28-27(29,30)23(20-7-3-1-4-8-20)11-14-33-15-12-26(37,13-16-33)18-34-19-31-24-22(25(34)36)17-32-35(24)21-9-5-2-6-10-21/h1-10,17,19,23,37H,11-16,18H2/t23-/m1/s1. The van der Waals surface area contributed by atoms with Crippen LogP contribution in [0.1, 0.15) is 30.7 Å². The Hall–Kier alpha value is -3.50. The molecule has 1 atom stereocenters. The van der Waals surface area contributed by atoms with Gasteiger partial charge in [-0.2, -0.15) is 18.3 Å². The average Bonchev–Trinajstić information content (AvgIpc) is 3.32. The summed E-state index contributed by atoms with van der Waals surface area (Å²) in [7, 11) is 0. The fourth-order valence-corrected chi connectivity index (χ4v) is 5.00. The SMILES string of the molecule is O=c1c2cnn(-c3ccccc3)c2ncn1CC1(O)CCN(CC[C@H](c2ccccc2)C(F)(F)F)CC1. The summed E-state index contributed by atoms with van der Waals surface area (Å²) in [6.45, 7) is 1.24. The first-order chi connectivity index (χ1) is 17.7. The van der Waals surface area contributed by atoms with Crippen molar-refractivity contribution in [2.75, 3.05) is 19.6 Å². The van der Waals surface area contributed by atoms with Gasteiger partial charge in [0.2, 0.25) is 0 Å². The van der Waals surface area contributed by atoms with Crippen molar-refractivity contribution in [3.8, 4) is 5.69 Å². The average molecular weight is 512 g/mol. The number of fused-ring (bicyclic) bond motifs is 1. The molecule has 1 fully saturated rings. The number of para-hydroxylation sites is 1. The predicted octanol–water partition coefficient (Wildman–Crippen LogP) is 4.15. The minimum atomic E-state index is -4.32. The van der Waals surface area contributed by atoms with Crippen LogP contribution in [0.3, 0.4) is 0 Å². The third kappa shape index (κ3) is 5.45. The number of alkyl halides is 3. The second-order valence-corrected chi connectivity index (χ2v) is 9.67. The lowest BCUT2D eigenvalue weighted by Gasteiger charge is -2.39. The molecule has 2 aromatic heterocycles. The van der Waals surface area contributed by atoms with Crippen molar-refractivity contribution in [3.63, 3.8) is 0 Å². The molecule has 0 radical (unpaired) electrons. The van der Waals surface area contributed by atoms with Crippen LogP contribution in [0.25, 0.3) is 16.7 Å². The van der Waals surface area contributed by atoms with Gasteiger partial charge in [-0.05, 0) is 43.5 Å². The fourth-order valence-electron chi connectivity index (χ4n) is 5.00. The van der Waals surface area contributed by atoms with E-state index >= 15 is 0 Å². The molecule has 0 bridgehead atoms. The zero-order valence-electron chi connectivity index (χ0n) is 20.2. The first kappa shape index (κ1) is 25.2. The van der Waals surface area contributed by atoms with E-state index in [1.54, 1.807) is 22.9 Å². The van der Waals surface area contributed by atoms with Crippen molar-refractivity contribution in [1.82, 2.24) is 24.2 Å². The molecule has 7 nitrogen and oxygen atoms in total. The van der Waals surface area contributed by atoms with E-state index in [0.717, 1.165) is 5.69 Å². The molecular formula is C27H28F3N5O2. The van der Waals surface area contributed by atoms with Gasteiger partial charge < -0.3 is 10.0 Å². The Morgan fingerprint density at radius 3 is 2.30 bits per heavy atom. The number of aliphatic hydroxyl groups is 1. The zero-order valence-corrected chi connectivity index (χ0v) is 20.2. The largest absolute Gasteiger partial charge is 0.395 e. The quantitative estimate of drug-likeness (QED) is 0.404. The summed E-state index contributed by atoms with van der Waals surface area (Å²) in [6, 6.07) is 17.3. The van der Waals surface area contributed by atoms with Gasteiger partial charge >= 0.3 is 6.18 Å². The molecule has 0 spiro atoms. The Balaban J connectivity index is 1.23. The number of hydrogen-bond donors (Lipinski definition) is 1. The lowest BCUT2D eigenvalue weighted by atomic mass is 9.90. The van der Waals surface area contributed by atoms with Crippen molar-refractivity contribution in [2.24, 2.45) is 0 Å². The summed E-state index contributed by atoms with van der Waals surface area (Å²) < 4.78 is 44.0. The van der Waals surface area contributed by atoms with Gasteiger partial charge in [0.15, 0.2) is 5.65 Å². The third-order valence-electron chi connectivity index (χ3n) is 7.14. The van der Waals surface area contributed by atoms with Crippen molar-refractivity contribution >= 4 is 11.0 Å². The fraction of sp³-hybridized carbons (Fsp3) is 0.370. The third-order valence-corrected chi connectivity index (χ3v) is 7.14. The highest BCUT2D eigenvalue weighted by Gasteiger charge is 2.41. The summed E-state index contributed by atoms with van der Waals surface area (Å²) in [5, 5.41) is 15.9. The van der Waals surface area contributed by atoms with E-state index in [1.165, 1.54) is 29.2 Å². The molecule has 37 heavy (non-hydrogen) atoms. The number of halogens is 3. The van der Waals surface area contributed by atoms with Gasteiger partial charge in [-0.15, -0.1) is 0 Å². The highest BCUT2D eigenvalue weighted by molar-refractivity contribution is 5.74. The van der Waals surface area contributed by atoms with Crippen molar-refractivity contribution in [1.29, 1.82) is 0 Å². The highest BCUT2D eigenvalue weighted by Crippen LogP contribution is 2.37. The van der Waals surface area contributed by atoms with Crippen molar-refractivity contribution < 1.29 is 18.3 Å². The monoisotopic (exact) mass is 511 g/mol. The van der Waals surface area contributed by atoms with Crippen molar-refractivity contribution in [2.45, 2.75) is 43.5 Å². The normalized spacial score (nSPS) is 17.2. The van der Waals surface area contributed by atoms with E-state index in [1.807, 2.05) is 35.2 Å². The molecule has 1 saturated heterocycles. The van der Waals surface area contributed by atoms with Crippen LogP contribution in [-0.4, -0.2) is 60.7 Å². The molecule has 5 rings (SSSR count). The minimum absolute atomic E-state index is 0.0443. The smallest absolute Gasteiger partial charge is 0.388 e. The number of piperidine rings is 1. The Kier molecular flexibility index (Phi) is 6.87. The minimum Gasteiger partial charge on any atom is -0.388 e. The van der Waals surface area contributed by atoms with Gasteiger partial charge in [0.25, 0.3) is 5.56 Å². The molecule has 0 amide bonds. The van der Waals surface area contributed by atoms with Crippen LogP contribution in [0.5, 0.6) is 0 Å². The number of aromatic nitrogens is 4. The van der Waals surface area contributed by atoms with E-state index in [2.05, 4.69) is 10.1 Å². The van der Waals surface area contributed by atoms with E-state index in [4.69, 9.17) is 0 Å². The number of nitrogens with zero attached hydrogens (tertiary/aromatic N) is 5. The lowest BCUT2D eigenvalue weighted by molar-refractivity contribution is -0.153. The van der Waals surface area contributed by atoms with Crippen molar-refractivity contribution in [3.05, 3.63) is 89.1 Å². The van der Waals surface area contributed by atoms with Gasteiger partial charge in [0.05, 0.1) is 29.9 Å². The molecule has 0 saturated carbocycles. The van der Waals surface area contributed by atoms with Gasteiger partial charge in [-0.25, -0.2) is 9.67 Å². The molecular weight excluding hydrogens is 483 g/mol. The second-order valence-electron chi connectivity index (χ2n) is 9.67. The number of likely N-dealkylation sites (tertiary alicyclic amines) is 1. The zero-order chi connectivity index (χ0) is 26.0. The van der Waals surface area contributed by atoms with E-state index in [-0.39, 0.29) is 30.6 Å². The highest BCUT2D eigenvalue weighted by atomic mass is 19.4. The lowest BCUT2D eigenvalue weighted by Crippen LogP contribution is -2.48. The van der Waals surface area contributed by atoms with Gasteiger partial charge in [0, 0.05) is 13.1 Å². The summed E-state index contributed by atoms with van der Waals surface area (Å²) in [4.78, 5) is 19.5. The molecule has 0 unspecified atom stereocenters. The molecule has 1 N–H and O–H groups in total. The maximum absolute atomic E-state index is 13.7. The summed E-state index contributed by atoms with van der Waals surface area (Å²) in [6.07, 6.45) is -0.767. The number of benzene rings is 2. The molecule has 194 valence electrons. The van der Waals surface area contributed by atoms with E-state index < -0.39 is 17.7 Å². The maximum atomic E-state index is 13.7. The van der Waals surface area contributed by atoms with E-state index in [9.17, 15) is 23.1 Å². The summed E-state index contributed by atoms with van der Waals surface area (Å²) in [5.74, 6) is -1.53. The Bertz CT molecular complexity index is 1390. The van der Waals surface area contributed by atoms with Crippen LogP contribution < -0.4 is 5.56 Å².